The largest absolute Gasteiger partial charge is 0.507 e. The predicted octanol–water partition coefficient (Wildman–Crippen LogP) is 2.89. The molecule has 19 heavy (non-hydrogen) atoms. The first-order chi connectivity index (χ1) is 9.26. The van der Waals surface area contributed by atoms with Gasteiger partial charge in [0.25, 0.3) is 0 Å². The maximum absolute atomic E-state index is 9.57. The van der Waals surface area contributed by atoms with E-state index in [4.69, 9.17) is 5.26 Å². The highest BCUT2D eigenvalue weighted by Gasteiger charge is 2.11. The zero-order chi connectivity index (χ0) is 13.7. The van der Waals surface area contributed by atoms with Gasteiger partial charge in [0.15, 0.2) is 0 Å². The van der Waals surface area contributed by atoms with Crippen molar-refractivity contribution in [1.29, 1.82) is 5.26 Å². The highest BCUT2D eigenvalue weighted by molar-refractivity contribution is 7.98. The molecule has 2 aromatic rings. The number of phenolic OH excluding ortho intramolecular Hbond substituents is 1. The summed E-state index contributed by atoms with van der Waals surface area (Å²) in [4.78, 5) is 0. The van der Waals surface area contributed by atoms with E-state index in [0.29, 0.717) is 21.2 Å². The van der Waals surface area contributed by atoms with E-state index in [2.05, 4.69) is 21.0 Å². The van der Waals surface area contributed by atoms with E-state index in [1.165, 1.54) is 29.5 Å². The van der Waals surface area contributed by atoms with E-state index in [-0.39, 0.29) is 5.75 Å². The number of nitrogens with zero attached hydrogens (tertiary/aromatic N) is 3. The van der Waals surface area contributed by atoms with E-state index < -0.39 is 0 Å². The molecule has 0 aliphatic rings. The Balaban J connectivity index is 2.14. The number of rotatable bonds is 4. The molecule has 0 spiro atoms. The summed E-state index contributed by atoms with van der Waals surface area (Å²) in [5.41, 5.74) is 3.87. The third-order valence-corrected chi connectivity index (χ3v) is 3.82. The lowest BCUT2D eigenvalue weighted by Gasteiger charge is -1.98. The minimum atomic E-state index is 0.155. The first kappa shape index (κ1) is 13.4. The van der Waals surface area contributed by atoms with Crippen molar-refractivity contribution in [2.75, 3.05) is 11.7 Å². The number of thioether (sulfide) groups is 1. The third kappa shape index (κ3) is 3.05. The lowest BCUT2D eigenvalue weighted by molar-refractivity contribution is 0.474. The van der Waals surface area contributed by atoms with Gasteiger partial charge in [-0.2, -0.15) is 14.7 Å². The molecule has 0 bridgehead atoms. The van der Waals surface area contributed by atoms with Crippen LogP contribution in [0.5, 0.6) is 5.75 Å². The summed E-state index contributed by atoms with van der Waals surface area (Å²) in [6.07, 6.45) is 3.36. The molecule has 1 aromatic heterocycles. The van der Waals surface area contributed by atoms with Crippen molar-refractivity contribution in [1.82, 2.24) is 4.37 Å². The fraction of sp³-hybridized carbons (Fsp3) is 0.0833. The topological polar surface area (TPSA) is 81.3 Å². The molecule has 2 rings (SSSR count). The van der Waals surface area contributed by atoms with Crippen LogP contribution in [-0.2, 0) is 0 Å². The lowest BCUT2D eigenvalue weighted by atomic mass is 10.2. The number of phenols is 1. The first-order valence-electron chi connectivity index (χ1n) is 5.27. The number of para-hydroxylation sites is 1. The maximum atomic E-state index is 9.57. The number of hydrazone groups is 1. The van der Waals surface area contributed by atoms with Crippen LogP contribution in [0, 0.1) is 11.3 Å². The molecule has 5 nitrogen and oxygen atoms in total. The fourth-order valence-electron chi connectivity index (χ4n) is 1.35. The van der Waals surface area contributed by atoms with E-state index in [9.17, 15) is 5.11 Å². The van der Waals surface area contributed by atoms with E-state index in [1.807, 2.05) is 6.26 Å². The normalized spacial score (nSPS) is 10.5. The second-order valence-corrected chi connectivity index (χ2v) is 5.00. The summed E-state index contributed by atoms with van der Waals surface area (Å²) in [6, 6.07) is 8.97. The third-order valence-electron chi connectivity index (χ3n) is 2.27. The number of aromatic hydroxyl groups is 1. The van der Waals surface area contributed by atoms with Gasteiger partial charge in [-0.15, -0.1) is 11.8 Å². The number of aromatic nitrogens is 1. The lowest BCUT2D eigenvalue weighted by Crippen LogP contribution is -1.91. The van der Waals surface area contributed by atoms with Gasteiger partial charge < -0.3 is 5.11 Å². The smallest absolute Gasteiger partial charge is 0.148 e. The van der Waals surface area contributed by atoms with Gasteiger partial charge in [0.05, 0.1) is 6.21 Å². The van der Waals surface area contributed by atoms with Gasteiger partial charge >= 0.3 is 0 Å². The van der Waals surface area contributed by atoms with Gasteiger partial charge in [-0.3, -0.25) is 5.43 Å². The minimum Gasteiger partial charge on any atom is -0.507 e. The van der Waals surface area contributed by atoms with Crippen molar-refractivity contribution < 1.29 is 5.11 Å². The van der Waals surface area contributed by atoms with Gasteiger partial charge in [-0.25, -0.2) is 0 Å². The molecule has 1 heterocycles. The Kier molecular flexibility index (Phi) is 4.39. The molecule has 0 amide bonds. The monoisotopic (exact) mass is 290 g/mol. The number of hydrogen-bond acceptors (Lipinski definition) is 7. The maximum Gasteiger partial charge on any atom is 0.148 e. The van der Waals surface area contributed by atoms with Crippen LogP contribution in [0.25, 0.3) is 0 Å². The van der Waals surface area contributed by atoms with Crippen LogP contribution in [0.2, 0.25) is 0 Å². The van der Waals surface area contributed by atoms with Gasteiger partial charge in [-0.1, -0.05) is 12.1 Å². The van der Waals surface area contributed by atoms with Crippen LogP contribution in [0.4, 0.5) is 5.00 Å². The predicted molar refractivity (Wildman–Crippen MR) is 77.9 cm³/mol. The second kappa shape index (κ2) is 6.22. The molecule has 7 heteroatoms. The summed E-state index contributed by atoms with van der Waals surface area (Å²) >= 11 is 2.60. The van der Waals surface area contributed by atoms with Crippen LogP contribution >= 0.6 is 23.3 Å². The van der Waals surface area contributed by atoms with Crippen molar-refractivity contribution >= 4 is 34.5 Å². The Morgan fingerprint density at radius 3 is 3.00 bits per heavy atom. The quantitative estimate of drug-likeness (QED) is 0.514. The van der Waals surface area contributed by atoms with Crippen molar-refractivity contribution in [3.8, 4) is 11.8 Å². The summed E-state index contributed by atoms with van der Waals surface area (Å²) in [6.45, 7) is 0. The van der Waals surface area contributed by atoms with Crippen LogP contribution in [0.3, 0.4) is 0 Å². The molecular weight excluding hydrogens is 280 g/mol. The molecule has 0 fully saturated rings. The Morgan fingerprint density at radius 1 is 1.53 bits per heavy atom. The van der Waals surface area contributed by atoms with Gasteiger partial charge in [0.1, 0.15) is 27.4 Å². The molecule has 0 saturated carbocycles. The van der Waals surface area contributed by atoms with Crippen LogP contribution in [-0.4, -0.2) is 22.0 Å². The number of anilines is 1. The average molecular weight is 290 g/mol. The van der Waals surface area contributed by atoms with E-state index in [1.54, 1.807) is 24.3 Å². The Labute approximate surface area is 118 Å². The minimum absolute atomic E-state index is 0.155. The molecule has 96 valence electrons. The Bertz CT molecular complexity index is 645. The van der Waals surface area contributed by atoms with Crippen molar-refractivity contribution in [2.45, 2.75) is 5.03 Å². The summed E-state index contributed by atoms with van der Waals surface area (Å²) in [5.74, 6) is 0.155. The highest BCUT2D eigenvalue weighted by Crippen LogP contribution is 2.29. The standard InChI is InChI=1S/C12H10N4OS2/c1-18-12-9(6-13)11(19-16-12)15-14-7-8-4-2-3-5-10(8)17/h2-5,7,15,17H,1H3/b14-7+. The van der Waals surface area contributed by atoms with Gasteiger partial charge in [0, 0.05) is 5.56 Å². The molecule has 0 radical (unpaired) electrons. The molecule has 2 N–H and O–H groups in total. The van der Waals surface area contributed by atoms with Crippen molar-refractivity contribution in [3.63, 3.8) is 0 Å². The summed E-state index contributed by atoms with van der Waals surface area (Å²) < 4.78 is 4.15. The number of hydrogen-bond donors (Lipinski definition) is 2. The van der Waals surface area contributed by atoms with E-state index >= 15 is 0 Å². The number of nitriles is 1. The van der Waals surface area contributed by atoms with Crippen molar-refractivity contribution in [2.24, 2.45) is 5.10 Å². The summed E-state index contributed by atoms with van der Waals surface area (Å²) in [7, 11) is 0. The molecule has 0 atom stereocenters. The average Bonchev–Trinajstić information content (AvgIpc) is 2.83. The summed E-state index contributed by atoms with van der Waals surface area (Å²) in [5, 5.41) is 23.9. The first-order valence-corrected chi connectivity index (χ1v) is 7.27. The molecule has 0 unspecified atom stereocenters. The van der Waals surface area contributed by atoms with Crippen molar-refractivity contribution in [3.05, 3.63) is 35.4 Å². The second-order valence-electron chi connectivity index (χ2n) is 3.44. The van der Waals surface area contributed by atoms with Gasteiger partial charge in [-0.05, 0) is 29.9 Å². The fourth-order valence-corrected chi connectivity index (χ4v) is 2.77. The SMILES string of the molecule is CSc1nsc(N/N=C/c2ccccc2O)c1C#N. The van der Waals surface area contributed by atoms with Crippen LogP contribution in [0.1, 0.15) is 11.1 Å². The van der Waals surface area contributed by atoms with Crippen LogP contribution < -0.4 is 5.43 Å². The molecule has 0 saturated heterocycles. The van der Waals surface area contributed by atoms with E-state index in [0.717, 1.165) is 0 Å². The Hall–Kier alpha value is -2.04. The van der Waals surface area contributed by atoms with Crippen LogP contribution in [0.15, 0.2) is 34.4 Å². The molecular formula is C12H10N4OS2. The molecule has 0 aliphatic heterocycles. The zero-order valence-corrected chi connectivity index (χ0v) is 11.6. The molecule has 1 aromatic carbocycles. The highest BCUT2D eigenvalue weighted by atomic mass is 32.2. The zero-order valence-electron chi connectivity index (χ0n) is 9.99. The number of benzene rings is 1. The van der Waals surface area contributed by atoms with Gasteiger partial charge in [0.2, 0.25) is 0 Å². The molecule has 0 aliphatic carbocycles. The Morgan fingerprint density at radius 2 is 2.32 bits per heavy atom. The number of nitrogens with one attached hydrogen (secondary N) is 1.